The van der Waals surface area contributed by atoms with Gasteiger partial charge in [0.25, 0.3) is 0 Å². The average molecular weight is 384 g/mol. The number of allylic oxidation sites excluding steroid dienone is 2. The van der Waals surface area contributed by atoms with Gasteiger partial charge >= 0.3 is 6.09 Å². The van der Waals surface area contributed by atoms with Crippen molar-refractivity contribution in [2.24, 2.45) is 23.5 Å². The van der Waals surface area contributed by atoms with E-state index in [0.29, 0.717) is 5.92 Å². The maximum atomic E-state index is 11.5. The van der Waals surface area contributed by atoms with Gasteiger partial charge in [-0.25, -0.2) is 4.79 Å². The maximum absolute atomic E-state index is 11.5. The van der Waals surface area contributed by atoms with Gasteiger partial charge in [0.05, 0.1) is 6.10 Å². The topological polar surface area (TPSA) is 61.5 Å². The van der Waals surface area contributed by atoms with Crippen molar-refractivity contribution in [2.75, 3.05) is 0 Å². The summed E-state index contributed by atoms with van der Waals surface area (Å²) in [5.41, 5.74) is 5.37. The summed E-state index contributed by atoms with van der Waals surface area (Å²) in [6.07, 6.45) is 5.52. The van der Waals surface area contributed by atoms with E-state index in [1.54, 1.807) is 6.08 Å². The van der Waals surface area contributed by atoms with E-state index >= 15 is 0 Å². The van der Waals surface area contributed by atoms with Crippen LogP contribution in [0.25, 0.3) is 0 Å². The molecule has 2 N–H and O–H groups in total. The molecule has 0 aromatic rings. The van der Waals surface area contributed by atoms with E-state index in [1.165, 1.54) is 0 Å². The van der Waals surface area contributed by atoms with E-state index in [0.717, 1.165) is 6.42 Å². The Morgan fingerprint density at radius 1 is 1.19 bits per heavy atom. The lowest BCUT2D eigenvalue weighted by atomic mass is 9.83. The maximum Gasteiger partial charge on any atom is 0.404 e. The zero-order valence-corrected chi connectivity index (χ0v) is 19.3. The minimum atomic E-state index is -1.96. The third-order valence-electron chi connectivity index (χ3n) is 5.80. The number of carbonyl (C=O) groups excluding carboxylic acids is 1. The Morgan fingerprint density at radius 3 is 2.12 bits per heavy atom. The Balaban J connectivity index is 5.76. The van der Waals surface area contributed by atoms with Crippen LogP contribution in [-0.4, -0.2) is 26.6 Å². The van der Waals surface area contributed by atoms with Gasteiger partial charge in [0, 0.05) is 11.8 Å². The van der Waals surface area contributed by atoms with E-state index in [-0.39, 0.29) is 29.1 Å². The van der Waals surface area contributed by atoms with Crippen molar-refractivity contribution in [1.29, 1.82) is 0 Å². The van der Waals surface area contributed by atoms with E-state index in [1.807, 2.05) is 19.1 Å². The number of ether oxygens (including phenoxy) is 1. The highest BCUT2D eigenvalue weighted by molar-refractivity contribution is 6.74. The van der Waals surface area contributed by atoms with Crippen LogP contribution in [0.4, 0.5) is 4.79 Å². The minimum absolute atomic E-state index is 0.00447. The summed E-state index contributed by atoms with van der Waals surface area (Å²) in [6.45, 7) is 23.5. The molecule has 0 bridgehead atoms. The number of hydrogen-bond donors (Lipinski definition) is 1. The normalized spacial score (nSPS) is 18.8. The molecule has 0 saturated heterocycles. The van der Waals surface area contributed by atoms with Crippen molar-refractivity contribution in [3.63, 3.8) is 0 Å². The summed E-state index contributed by atoms with van der Waals surface area (Å²) in [7, 11) is -1.96. The number of nitrogens with two attached hydrogens (primary N) is 1. The number of amides is 1. The number of hydrogen-bond acceptors (Lipinski definition) is 3. The molecule has 1 amide bonds. The highest BCUT2D eigenvalue weighted by Crippen LogP contribution is 2.40. The molecule has 0 heterocycles. The average Bonchev–Trinajstić information content (AvgIpc) is 2.52. The van der Waals surface area contributed by atoms with E-state index in [2.05, 4.69) is 61.2 Å². The van der Waals surface area contributed by atoms with Crippen LogP contribution in [-0.2, 0) is 9.16 Å². The van der Waals surface area contributed by atoms with E-state index in [4.69, 9.17) is 14.9 Å². The molecule has 0 saturated carbocycles. The molecule has 152 valence electrons. The first-order chi connectivity index (χ1) is 11.8. The molecule has 0 radical (unpaired) electrons. The fourth-order valence-electron chi connectivity index (χ4n) is 2.87. The van der Waals surface area contributed by atoms with Crippen molar-refractivity contribution in [3.8, 4) is 0 Å². The van der Waals surface area contributed by atoms with Gasteiger partial charge in [-0.3, -0.25) is 0 Å². The van der Waals surface area contributed by atoms with Crippen LogP contribution < -0.4 is 5.73 Å². The lowest BCUT2D eigenvalue weighted by Gasteiger charge is -2.44. The van der Waals surface area contributed by atoms with Gasteiger partial charge in [0.1, 0.15) is 6.10 Å². The molecule has 0 aromatic heterocycles. The molecule has 5 heteroatoms. The Labute approximate surface area is 162 Å². The third kappa shape index (κ3) is 7.27. The predicted octanol–water partition coefficient (Wildman–Crippen LogP) is 5.90. The van der Waals surface area contributed by atoms with Gasteiger partial charge in [-0.2, -0.15) is 0 Å². The first-order valence-electron chi connectivity index (χ1n) is 9.71. The molecule has 4 nitrogen and oxygen atoms in total. The first-order valence-corrected chi connectivity index (χ1v) is 12.6. The molecule has 0 unspecified atom stereocenters. The zero-order chi connectivity index (χ0) is 20.7. The van der Waals surface area contributed by atoms with Gasteiger partial charge in [0.2, 0.25) is 0 Å². The van der Waals surface area contributed by atoms with Crippen molar-refractivity contribution in [3.05, 3.63) is 24.8 Å². The third-order valence-corrected chi connectivity index (χ3v) is 10.3. The highest BCUT2D eigenvalue weighted by atomic mass is 28.4. The quantitative estimate of drug-likeness (QED) is 0.377. The number of primary amides is 1. The molecule has 0 spiro atoms. The summed E-state index contributed by atoms with van der Waals surface area (Å²) in [5, 5.41) is 0.118. The lowest BCUT2D eigenvalue weighted by Crippen LogP contribution is -2.50. The molecule has 0 aliphatic heterocycles. The molecule has 0 aliphatic carbocycles. The molecular formula is C21H41NO3Si. The molecule has 26 heavy (non-hydrogen) atoms. The highest BCUT2D eigenvalue weighted by Gasteiger charge is 2.43. The number of rotatable bonds is 10. The van der Waals surface area contributed by atoms with Gasteiger partial charge in [0.15, 0.2) is 8.32 Å². The Morgan fingerprint density at radius 2 is 1.73 bits per heavy atom. The van der Waals surface area contributed by atoms with Crippen molar-refractivity contribution < 1.29 is 14.0 Å². The summed E-state index contributed by atoms with van der Waals surface area (Å²) in [4.78, 5) is 11.5. The van der Waals surface area contributed by atoms with Crippen LogP contribution in [0, 0.1) is 17.8 Å². The Kier molecular flexibility index (Phi) is 9.88. The fraction of sp³-hybridized carbons (Fsp3) is 0.762. The van der Waals surface area contributed by atoms with Gasteiger partial charge < -0.3 is 14.9 Å². The van der Waals surface area contributed by atoms with Crippen LogP contribution in [0.1, 0.15) is 54.9 Å². The van der Waals surface area contributed by atoms with E-state index < -0.39 is 14.4 Å². The largest absolute Gasteiger partial charge is 0.445 e. The molecule has 0 aromatic carbocycles. The first kappa shape index (κ1) is 24.9. The second-order valence-corrected chi connectivity index (χ2v) is 13.7. The molecule has 0 aliphatic rings. The summed E-state index contributed by atoms with van der Waals surface area (Å²) in [5.74, 6) is 0.398. The zero-order valence-electron chi connectivity index (χ0n) is 18.3. The fourth-order valence-corrected chi connectivity index (χ4v) is 4.35. The van der Waals surface area contributed by atoms with Crippen LogP contribution in [0.2, 0.25) is 18.1 Å². The lowest BCUT2D eigenvalue weighted by molar-refractivity contribution is -0.0213. The van der Waals surface area contributed by atoms with Gasteiger partial charge in [-0.05, 0) is 24.1 Å². The smallest absolute Gasteiger partial charge is 0.404 e. The predicted molar refractivity (Wildman–Crippen MR) is 114 cm³/mol. The van der Waals surface area contributed by atoms with Crippen LogP contribution in [0.3, 0.4) is 0 Å². The SMILES string of the molecule is C=C/C=C\[C@H](C)[C@H](OC(N)=O)[C@@H](C)[C@H](O[Si](C)(C)C(C)(C)C)[C@@H](C)CC. The monoisotopic (exact) mass is 383 g/mol. The molecule has 0 rings (SSSR count). The summed E-state index contributed by atoms with van der Waals surface area (Å²) in [6, 6.07) is 0. The molecular weight excluding hydrogens is 342 g/mol. The van der Waals surface area contributed by atoms with Crippen molar-refractivity contribution in [2.45, 2.75) is 85.2 Å². The Hall–Kier alpha value is -1.07. The van der Waals surface area contributed by atoms with Crippen LogP contribution in [0.5, 0.6) is 0 Å². The van der Waals surface area contributed by atoms with Crippen LogP contribution in [0.15, 0.2) is 24.8 Å². The van der Waals surface area contributed by atoms with Gasteiger partial charge in [-0.15, -0.1) is 0 Å². The van der Waals surface area contributed by atoms with Crippen molar-refractivity contribution >= 4 is 14.4 Å². The summed E-state index contributed by atoms with van der Waals surface area (Å²) < 4.78 is 12.3. The second-order valence-electron chi connectivity index (χ2n) is 8.97. The second kappa shape index (κ2) is 10.3. The standard InChI is InChI=1S/C21H41NO3Si/c1-11-13-14-16(4)18(24-20(22)23)17(5)19(15(3)12-2)25-26(9,10)21(6,7)8/h11,13-19H,1,12H2,2-10H3,(H2,22,23)/b14-13-/t15-,16-,17+,18-,19+/m0/s1. The van der Waals surface area contributed by atoms with E-state index in [9.17, 15) is 4.79 Å². The van der Waals surface area contributed by atoms with Crippen LogP contribution >= 0.6 is 0 Å². The van der Waals surface area contributed by atoms with Gasteiger partial charge in [-0.1, -0.05) is 79.7 Å². The van der Waals surface area contributed by atoms with Crippen molar-refractivity contribution in [1.82, 2.24) is 0 Å². The molecule has 0 fully saturated rings. The summed E-state index contributed by atoms with van der Waals surface area (Å²) >= 11 is 0. The molecule has 5 atom stereocenters. The Bertz CT molecular complexity index is 482. The number of carbonyl (C=O) groups is 1. The minimum Gasteiger partial charge on any atom is -0.445 e.